The minimum atomic E-state index is -0.591. The molecule has 0 aromatic rings. The van der Waals surface area contributed by atoms with E-state index < -0.39 is 11.4 Å². The Bertz CT molecular complexity index is 286. The van der Waals surface area contributed by atoms with E-state index in [0.717, 1.165) is 25.7 Å². The Morgan fingerprint density at radius 2 is 2.00 bits per heavy atom. The second-order valence-electron chi connectivity index (χ2n) is 6.21. The van der Waals surface area contributed by atoms with Crippen LogP contribution in [0.2, 0.25) is 0 Å². The van der Waals surface area contributed by atoms with Gasteiger partial charge in [0.1, 0.15) is 0 Å². The number of hydrogen-bond donors (Lipinski definition) is 1. The summed E-state index contributed by atoms with van der Waals surface area (Å²) in [5.74, 6) is 0.829. The van der Waals surface area contributed by atoms with E-state index in [1.807, 2.05) is 13.8 Å². The Labute approximate surface area is 97.2 Å². The first kappa shape index (κ1) is 11.9. The van der Waals surface area contributed by atoms with Crippen LogP contribution in [-0.4, -0.2) is 23.8 Å². The molecule has 2 rings (SSSR count). The van der Waals surface area contributed by atoms with Crippen LogP contribution in [0.25, 0.3) is 0 Å². The second kappa shape index (κ2) is 3.73. The third-order valence-electron chi connectivity index (χ3n) is 4.59. The molecule has 0 spiro atoms. The summed E-state index contributed by atoms with van der Waals surface area (Å²) in [5.41, 5.74) is -0.640. The molecule has 1 N–H and O–H groups in total. The molecule has 3 nitrogen and oxygen atoms in total. The summed E-state index contributed by atoms with van der Waals surface area (Å²) in [6.45, 7) is 4.05. The maximum atomic E-state index is 11.5. The van der Waals surface area contributed by atoms with E-state index >= 15 is 0 Å². The first-order valence-electron chi connectivity index (χ1n) is 6.17. The number of carboxylic acids is 1. The maximum Gasteiger partial charge on any atom is 0.309 e. The highest BCUT2D eigenvalue weighted by Crippen LogP contribution is 2.61. The first-order chi connectivity index (χ1) is 7.38. The van der Waals surface area contributed by atoms with Crippen molar-refractivity contribution in [1.29, 1.82) is 0 Å². The number of carbonyl (C=O) groups is 1. The summed E-state index contributed by atoms with van der Waals surface area (Å²) in [6.07, 6.45) is 4.65. The molecule has 92 valence electrons. The van der Waals surface area contributed by atoms with Crippen LogP contribution in [0.3, 0.4) is 0 Å². The third kappa shape index (κ3) is 2.10. The van der Waals surface area contributed by atoms with E-state index in [1.165, 1.54) is 6.42 Å². The van der Waals surface area contributed by atoms with Crippen molar-refractivity contribution in [3.63, 3.8) is 0 Å². The van der Waals surface area contributed by atoms with Crippen LogP contribution in [0.1, 0.15) is 46.0 Å². The predicted molar refractivity (Wildman–Crippen MR) is 61.2 cm³/mol. The molecule has 2 saturated carbocycles. The van der Waals surface area contributed by atoms with Gasteiger partial charge in [-0.25, -0.2) is 0 Å². The molecular weight excluding hydrogens is 204 g/mol. The lowest BCUT2D eigenvalue weighted by Crippen LogP contribution is -2.33. The van der Waals surface area contributed by atoms with Gasteiger partial charge in [0.05, 0.1) is 11.0 Å². The molecule has 2 aliphatic rings. The van der Waals surface area contributed by atoms with Gasteiger partial charge in [-0.2, -0.15) is 0 Å². The van der Waals surface area contributed by atoms with Crippen LogP contribution < -0.4 is 0 Å². The maximum absolute atomic E-state index is 11.5. The number of fused-ring (bicyclic) bond motifs is 1. The number of carboxylic acid groups (broad SMARTS) is 1. The molecule has 2 aliphatic carbocycles. The Balaban J connectivity index is 1.97. The molecule has 0 saturated heterocycles. The largest absolute Gasteiger partial charge is 0.481 e. The van der Waals surface area contributed by atoms with Crippen molar-refractivity contribution >= 4 is 5.97 Å². The summed E-state index contributed by atoms with van der Waals surface area (Å²) in [7, 11) is 1.69. The van der Waals surface area contributed by atoms with Crippen LogP contribution in [0.15, 0.2) is 0 Å². The minimum Gasteiger partial charge on any atom is -0.481 e. The molecule has 0 heterocycles. The lowest BCUT2D eigenvalue weighted by molar-refractivity contribution is -0.150. The Morgan fingerprint density at radius 3 is 2.44 bits per heavy atom. The molecule has 2 atom stereocenters. The molecule has 0 aromatic heterocycles. The van der Waals surface area contributed by atoms with Crippen molar-refractivity contribution in [2.75, 3.05) is 7.11 Å². The van der Waals surface area contributed by atoms with E-state index in [4.69, 9.17) is 4.74 Å². The molecule has 0 aromatic carbocycles. The lowest BCUT2D eigenvalue weighted by atomic mass is 9.77. The van der Waals surface area contributed by atoms with Gasteiger partial charge in [0.15, 0.2) is 0 Å². The number of rotatable bonds is 5. The summed E-state index contributed by atoms with van der Waals surface area (Å²) >= 11 is 0. The summed E-state index contributed by atoms with van der Waals surface area (Å²) in [4.78, 5) is 11.5. The monoisotopic (exact) mass is 226 g/mol. The zero-order valence-electron chi connectivity index (χ0n) is 10.5. The quantitative estimate of drug-likeness (QED) is 0.784. The average molecular weight is 226 g/mol. The van der Waals surface area contributed by atoms with Crippen LogP contribution in [-0.2, 0) is 9.53 Å². The minimum absolute atomic E-state index is 0.199. The van der Waals surface area contributed by atoms with Crippen molar-refractivity contribution in [2.24, 2.45) is 17.3 Å². The van der Waals surface area contributed by atoms with E-state index in [9.17, 15) is 9.90 Å². The van der Waals surface area contributed by atoms with Gasteiger partial charge in [-0.3, -0.25) is 4.79 Å². The zero-order chi connectivity index (χ0) is 12.0. The lowest BCUT2D eigenvalue weighted by Gasteiger charge is -2.31. The Kier molecular flexibility index (Phi) is 2.77. The van der Waals surface area contributed by atoms with Crippen molar-refractivity contribution in [3.8, 4) is 0 Å². The van der Waals surface area contributed by atoms with Gasteiger partial charge in [0.2, 0.25) is 0 Å². The number of hydrogen-bond acceptors (Lipinski definition) is 2. The Morgan fingerprint density at radius 1 is 1.44 bits per heavy atom. The fraction of sp³-hybridized carbons (Fsp3) is 0.923. The topological polar surface area (TPSA) is 46.5 Å². The number of ether oxygens (including phenoxy) is 1. The summed E-state index contributed by atoms with van der Waals surface area (Å²) < 4.78 is 5.37. The van der Waals surface area contributed by atoms with Gasteiger partial charge in [0, 0.05) is 7.11 Å². The first-order valence-corrected chi connectivity index (χ1v) is 6.17. The number of aliphatic carboxylic acids is 1. The summed E-state index contributed by atoms with van der Waals surface area (Å²) in [5, 5.41) is 9.43. The molecule has 0 aliphatic heterocycles. The van der Waals surface area contributed by atoms with Crippen LogP contribution >= 0.6 is 0 Å². The van der Waals surface area contributed by atoms with Gasteiger partial charge < -0.3 is 9.84 Å². The van der Waals surface area contributed by atoms with Crippen LogP contribution in [0.5, 0.6) is 0 Å². The van der Waals surface area contributed by atoms with E-state index in [0.29, 0.717) is 11.8 Å². The van der Waals surface area contributed by atoms with E-state index in [2.05, 4.69) is 0 Å². The van der Waals surface area contributed by atoms with Gasteiger partial charge in [-0.05, 0) is 57.8 Å². The van der Waals surface area contributed by atoms with Crippen molar-refractivity contribution in [3.05, 3.63) is 0 Å². The van der Waals surface area contributed by atoms with Gasteiger partial charge >= 0.3 is 5.97 Å². The summed E-state index contributed by atoms with van der Waals surface area (Å²) in [6, 6.07) is 0. The van der Waals surface area contributed by atoms with Crippen molar-refractivity contribution in [1.82, 2.24) is 0 Å². The number of methoxy groups -OCH3 is 1. The molecule has 2 unspecified atom stereocenters. The highest BCUT2D eigenvalue weighted by Gasteiger charge is 2.57. The van der Waals surface area contributed by atoms with Crippen LogP contribution in [0, 0.1) is 17.3 Å². The molecule has 16 heavy (non-hydrogen) atoms. The molecule has 2 fully saturated rings. The average Bonchev–Trinajstić information content (AvgIpc) is 2.84. The van der Waals surface area contributed by atoms with Gasteiger partial charge in [-0.15, -0.1) is 0 Å². The van der Waals surface area contributed by atoms with Crippen LogP contribution in [0.4, 0.5) is 0 Å². The van der Waals surface area contributed by atoms with E-state index in [-0.39, 0.29) is 5.60 Å². The smallest absolute Gasteiger partial charge is 0.309 e. The third-order valence-corrected chi connectivity index (χ3v) is 4.59. The fourth-order valence-corrected chi connectivity index (χ4v) is 3.03. The Hall–Kier alpha value is -0.570. The standard InChI is InChI=1S/C13H22O3/c1-12(2,16-3)4-5-13(11(14)15)7-9-6-10(9)8-13/h9-10H,4-8H2,1-3H3,(H,14,15). The van der Waals surface area contributed by atoms with Crippen molar-refractivity contribution in [2.45, 2.75) is 51.6 Å². The van der Waals surface area contributed by atoms with Gasteiger partial charge in [-0.1, -0.05) is 0 Å². The zero-order valence-corrected chi connectivity index (χ0v) is 10.5. The molecule has 3 heteroatoms. The highest BCUT2D eigenvalue weighted by molar-refractivity contribution is 5.75. The fourth-order valence-electron chi connectivity index (χ4n) is 3.03. The molecular formula is C13H22O3. The molecule has 0 bridgehead atoms. The van der Waals surface area contributed by atoms with Crippen molar-refractivity contribution < 1.29 is 14.6 Å². The van der Waals surface area contributed by atoms with E-state index in [1.54, 1.807) is 7.11 Å². The second-order valence-corrected chi connectivity index (χ2v) is 6.21. The van der Waals surface area contributed by atoms with Gasteiger partial charge in [0.25, 0.3) is 0 Å². The SMILES string of the molecule is COC(C)(C)CCC1(C(=O)O)CC2CC2C1. The molecule has 0 radical (unpaired) electrons. The highest BCUT2D eigenvalue weighted by atomic mass is 16.5. The molecule has 0 amide bonds. The predicted octanol–water partition coefficient (Wildman–Crippen LogP) is 2.69. The normalized spacial score (nSPS) is 37.2.